The highest BCUT2D eigenvalue weighted by molar-refractivity contribution is 7.15. The average molecular weight is 381 g/mol. The molecule has 0 bridgehead atoms. The van der Waals surface area contributed by atoms with Crippen LogP contribution in [0.3, 0.4) is 0 Å². The van der Waals surface area contributed by atoms with Gasteiger partial charge in [-0.15, -0.1) is 0 Å². The van der Waals surface area contributed by atoms with Crippen LogP contribution in [0.25, 0.3) is 0 Å². The molecular weight excluding hydrogens is 361 g/mol. The lowest BCUT2D eigenvalue weighted by Crippen LogP contribution is -2.28. The highest BCUT2D eigenvalue weighted by atomic mass is 32.1. The molecule has 1 aromatic carbocycles. The number of nitrogens with zero attached hydrogens (tertiary/aromatic N) is 1. The zero-order chi connectivity index (χ0) is 19.3. The van der Waals surface area contributed by atoms with Crippen molar-refractivity contribution in [2.45, 2.75) is 39.0 Å². The third-order valence-corrected chi connectivity index (χ3v) is 3.97. The summed E-state index contributed by atoms with van der Waals surface area (Å²) in [4.78, 5) is 27.9. The summed E-state index contributed by atoms with van der Waals surface area (Å²) in [5.74, 6) is -1.06. The van der Waals surface area contributed by atoms with Crippen molar-refractivity contribution >= 4 is 28.5 Å². The van der Waals surface area contributed by atoms with Crippen LogP contribution in [0.4, 0.5) is 14.3 Å². The summed E-state index contributed by atoms with van der Waals surface area (Å²) >= 11 is 0.954. The SMILES string of the molecule is CC(C)(C)OC(=O)Nc1ncc(C(O)C(=O)NCc2cccc(F)c2)s1. The molecule has 9 heteroatoms. The Morgan fingerprint density at radius 3 is 2.77 bits per heavy atom. The molecule has 2 amide bonds. The van der Waals surface area contributed by atoms with Gasteiger partial charge in [0, 0.05) is 12.7 Å². The molecule has 26 heavy (non-hydrogen) atoms. The zero-order valence-corrected chi connectivity index (χ0v) is 15.4. The molecule has 2 rings (SSSR count). The van der Waals surface area contributed by atoms with Crippen LogP contribution in [0.5, 0.6) is 0 Å². The quantitative estimate of drug-likeness (QED) is 0.739. The number of aliphatic hydroxyl groups excluding tert-OH is 1. The fraction of sp³-hybridized carbons (Fsp3) is 0.353. The van der Waals surface area contributed by atoms with Gasteiger partial charge in [-0.2, -0.15) is 0 Å². The second-order valence-corrected chi connectivity index (χ2v) is 7.51. The monoisotopic (exact) mass is 381 g/mol. The van der Waals surface area contributed by atoms with E-state index in [1.165, 1.54) is 24.4 Å². The molecule has 0 spiro atoms. The summed E-state index contributed by atoms with van der Waals surface area (Å²) < 4.78 is 18.2. The Kier molecular flexibility index (Phi) is 6.27. The molecule has 0 aliphatic heterocycles. The predicted octanol–water partition coefficient (Wildman–Crippen LogP) is 2.98. The molecule has 3 N–H and O–H groups in total. The first kappa shape index (κ1) is 19.8. The number of carbonyl (C=O) groups excluding carboxylic acids is 2. The number of benzene rings is 1. The first-order valence-electron chi connectivity index (χ1n) is 7.80. The van der Waals surface area contributed by atoms with E-state index in [2.05, 4.69) is 15.6 Å². The van der Waals surface area contributed by atoms with Gasteiger partial charge in [0.15, 0.2) is 11.2 Å². The Labute approximate surface area is 154 Å². The number of halogens is 1. The number of carbonyl (C=O) groups is 2. The third kappa shape index (κ3) is 6.08. The number of aromatic nitrogens is 1. The molecule has 2 aromatic rings. The van der Waals surface area contributed by atoms with Crippen LogP contribution in [-0.4, -0.2) is 27.7 Å². The molecule has 140 valence electrons. The van der Waals surface area contributed by atoms with Crippen molar-refractivity contribution in [3.63, 3.8) is 0 Å². The van der Waals surface area contributed by atoms with Crippen LogP contribution in [-0.2, 0) is 16.1 Å². The fourth-order valence-corrected chi connectivity index (χ4v) is 2.71. The van der Waals surface area contributed by atoms with Gasteiger partial charge in [-0.25, -0.2) is 14.2 Å². The van der Waals surface area contributed by atoms with Gasteiger partial charge in [0.2, 0.25) is 0 Å². The van der Waals surface area contributed by atoms with Gasteiger partial charge in [-0.05, 0) is 38.5 Å². The summed E-state index contributed by atoms with van der Waals surface area (Å²) in [5, 5.41) is 15.3. The van der Waals surface area contributed by atoms with E-state index in [1.54, 1.807) is 26.8 Å². The van der Waals surface area contributed by atoms with Crippen molar-refractivity contribution < 1.29 is 23.8 Å². The van der Waals surface area contributed by atoms with E-state index in [9.17, 15) is 19.1 Å². The van der Waals surface area contributed by atoms with E-state index in [0.29, 0.717) is 5.56 Å². The average Bonchev–Trinajstić information content (AvgIpc) is 2.98. The van der Waals surface area contributed by atoms with E-state index in [1.807, 2.05) is 0 Å². The van der Waals surface area contributed by atoms with Gasteiger partial charge in [0.25, 0.3) is 5.91 Å². The van der Waals surface area contributed by atoms with Crippen LogP contribution in [0, 0.1) is 5.82 Å². The summed E-state index contributed by atoms with van der Waals surface area (Å²) in [6.45, 7) is 5.27. The van der Waals surface area contributed by atoms with Gasteiger partial charge in [-0.3, -0.25) is 10.1 Å². The van der Waals surface area contributed by atoms with Gasteiger partial charge in [-0.1, -0.05) is 23.5 Å². The number of hydrogen-bond donors (Lipinski definition) is 3. The van der Waals surface area contributed by atoms with E-state index in [4.69, 9.17) is 4.74 Å². The number of rotatable bonds is 5. The van der Waals surface area contributed by atoms with Crippen molar-refractivity contribution in [2.75, 3.05) is 5.32 Å². The predicted molar refractivity (Wildman–Crippen MR) is 95.2 cm³/mol. The highest BCUT2D eigenvalue weighted by Crippen LogP contribution is 2.25. The Balaban J connectivity index is 1.91. The standard InChI is InChI=1S/C17H20FN3O4S/c1-17(2,3)25-16(24)21-15-20-9-12(26-15)13(22)14(23)19-8-10-5-4-6-11(18)7-10/h4-7,9,13,22H,8H2,1-3H3,(H,19,23)(H,20,21,24). The molecule has 0 aliphatic carbocycles. The van der Waals surface area contributed by atoms with E-state index >= 15 is 0 Å². The smallest absolute Gasteiger partial charge is 0.413 e. The van der Waals surface area contributed by atoms with Gasteiger partial charge >= 0.3 is 6.09 Å². The summed E-state index contributed by atoms with van der Waals surface area (Å²) in [5.41, 5.74) is -0.0809. The van der Waals surface area contributed by atoms with Gasteiger partial charge < -0.3 is 15.2 Å². The van der Waals surface area contributed by atoms with Crippen LogP contribution in [0.2, 0.25) is 0 Å². The third-order valence-electron chi connectivity index (χ3n) is 3.01. The van der Waals surface area contributed by atoms with E-state index in [0.717, 1.165) is 11.3 Å². The Morgan fingerprint density at radius 1 is 1.38 bits per heavy atom. The van der Waals surface area contributed by atoms with E-state index < -0.39 is 29.5 Å². The second-order valence-electron chi connectivity index (χ2n) is 6.44. The second kappa shape index (κ2) is 8.24. The number of thiazole rings is 1. The Morgan fingerprint density at radius 2 is 2.12 bits per heavy atom. The van der Waals surface area contributed by atoms with Crippen molar-refractivity contribution in [2.24, 2.45) is 0 Å². The van der Waals surface area contributed by atoms with Gasteiger partial charge in [0.1, 0.15) is 11.4 Å². The molecule has 0 aliphatic rings. The van der Waals surface area contributed by atoms with Crippen molar-refractivity contribution in [3.8, 4) is 0 Å². The molecule has 0 radical (unpaired) electrons. The van der Waals surface area contributed by atoms with Crippen LogP contribution in [0.1, 0.15) is 37.3 Å². The van der Waals surface area contributed by atoms with Gasteiger partial charge in [0.05, 0.1) is 4.88 Å². The fourth-order valence-electron chi connectivity index (χ4n) is 1.92. The summed E-state index contributed by atoms with van der Waals surface area (Å²) in [7, 11) is 0. The molecule has 1 heterocycles. The first-order chi connectivity index (χ1) is 12.1. The number of amides is 2. The molecule has 1 aromatic heterocycles. The number of hydrogen-bond acceptors (Lipinski definition) is 6. The molecule has 0 saturated heterocycles. The normalized spacial score (nSPS) is 12.3. The minimum Gasteiger partial charge on any atom is -0.444 e. The number of nitrogens with one attached hydrogen (secondary N) is 2. The zero-order valence-electron chi connectivity index (χ0n) is 14.6. The number of aliphatic hydroxyl groups is 1. The maximum absolute atomic E-state index is 13.1. The number of ether oxygens (including phenoxy) is 1. The van der Waals surface area contributed by atoms with Crippen molar-refractivity contribution in [3.05, 3.63) is 46.7 Å². The highest BCUT2D eigenvalue weighted by Gasteiger charge is 2.22. The van der Waals surface area contributed by atoms with Crippen LogP contribution in [0.15, 0.2) is 30.5 Å². The van der Waals surface area contributed by atoms with Crippen molar-refractivity contribution in [1.29, 1.82) is 0 Å². The maximum atomic E-state index is 13.1. The minimum absolute atomic E-state index is 0.0788. The van der Waals surface area contributed by atoms with E-state index in [-0.39, 0.29) is 16.6 Å². The lowest BCUT2D eigenvalue weighted by Gasteiger charge is -2.18. The summed E-state index contributed by atoms with van der Waals surface area (Å²) in [6.07, 6.45) is -0.831. The molecule has 0 fully saturated rings. The lowest BCUT2D eigenvalue weighted by molar-refractivity contribution is -0.129. The number of anilines is 1. The molecular formula is C17H20FN3O4S. The largest absolute Gasteiger partial charge is 0.444 e. The Hall–Kier alpha value is -2.52. The topological polar surface area (TPSA) is 101 Å². The maximum Gasteiger partial charge on any atom is 0.413 e. The first-order valence-corrected chi connectivity index (χ1v) is 8.61. The lowest BCUT2D eigenvalue weighted by atomic mass is 10.2. The van der Waals surface area contributed by atoms with Crippen LogP contribution < -0.4 is 10.6 Å². The molecule has 0 saturated carbocycles. The Bertz CT molecular complexity index is 788. The molecule has 1 unspecified atom stereocenters. The van der Waals surface area contributed by atoms with Crippen LogP contribution >= 0.6 is 11.3 Å². The summed E-state index contributed by atoms with van der Waals surface area (Å²) in [6, 6.07) is 5.79. The van der Waals surface area contributed by atoms with Crippen molar-refractivity contribution in [1.82, 2.24) is 10.3 Å². The minimum atomic E-state index is -1.45. The molecule has 7 nitrogen and oxygen atoms in total. The molecule has 1 atom stereocenters.